The van der Waals surface area contributed by atoms with Crippen molar-refractivity contribution in [2.75, 3.05) is 18.2 Å². The van der Waals surface area contributed by atoms with Gasteiger partial charge in [0.25, 0.3) is 0 Å². The maximum Gasteiger partial charge on any atom is 0.167 e. The summed E-state index contributed by atoms with van der Waals surface area (Å²) in [4.78, 5) is 0. The smallest absolute Gasteiger partial charge is 0.167 e. The first kappa shape index (κ1) is 13.5. The molecule has 0 saturated heterocycles. The molecule has 0 fully saturated rings. The summed E-state index contributed by atoms with van der Waals surface area (Å²) in [5.74, 6) is -0.357. The van der Waals surface area contributed by atoms with Gasteiger partial charge in [-0.05, 0) is 24.6 Å². The summed E-state index contributed by atoms with van der Waals surface area (Å²) in [6, 6.07) is 8.24. The summed E-state index contributed by atoms with van der Waals surface area (Å²) in [5, 5.41) is 3.78. The molecule has 19 heavy (non-hydrogen) atoms. The fraction of sp³-hybridized carbons (Fsp3) is 0.143. The lowest BCUT2D eigenvalue weighted by molar-refractivity contribution is 0.387. The van der Waals surface area contributed by atoms with E-state index in [1.165, 1.54) is 19.2 Å². The van der Waals surface area contributed by atoms with Crippen molar-refractivity contribution in [3.63, 3.8) is 0 Å². The van der Waals surface area contributed by atoms with Crippen molar-refractivity contribution in [3.8, 4) is 5.75 Å². The summed E-state index contributed by atoms with van der Waals surface area (Å²) in [6.07, 6.45) is 0. The van der Waals surface area contributed by atoms with Gasteiger partial charge in [0.15, 0.2) is 11.6 Å². The number of anilines is 3. The van der Waals surface area contributed by atoms with E-state index in [0.29, 0.717) is 16.4 Å². The van der Waals surface area contributed by atoms with Crippen LogP contribution in [0.2, 0.25) is 5.02 Å². The number of hydrogen-bond acceptors (Lipinski definition) is 3. The van der Waals surface area contributed by atoms with Crippen LogP contribution in [0.4, 0.5) is 21.5 Å². The van der Waals surface area contributed by atoms with Crippen molar-refractivity contribution in [1.29, 1.82) is 0 Å². The molecule has 0 aliphatic heterocycles. The molecular formula is C14H14ClFN2O. The summed E-state index contributed by atoms with van der Waals surface area (Å²) in [7, 11) is 1.41. The molecule has 100 valence electrons. The predicted octanol–water partition coefficient (Wildman–Crippen LogP) is 4.12. The zero-order valence-electron chi connectivity index (χ0n) is 10.6. The van der Waals surface area contributed by atoms with Gasteiger partial charge < -0.3 is 15.8 Å². The molecule has 0 unspecified atom stereocenters. The minimum atomic E-state index is -0.492. The molecule has 0 bridgehead atoms. The van der Waals surface area contributed by atoms with E-state index in [0.717, 1.165) is 11.3 Å². The lowest BCUT2D eigenvalue weighted by atomic mass is 10.1. The standard InChI is InChI=1S/C14H14ClFN2O/c1-8-9(15)4-3-5-12(8)18-13-7-14(19-2)10(16)6-11(13)17/h3-7,18H,17H2,1-2H3. The van der Waals surface area contributed by atoms with E-state index in [-0.39, 0.29) is 5.75 Å². The molecule has 0 spiro atoms. The van der Waals surface area contributed by atoms with Crippen molar-refractivity contribution < 1.29 is 9.13 Å². The maximum absolute atomic E-state index is 13.5. The highest BCUT2D eigenvalue weighted by atomic mass is 35.5. The summed E-state index contributed by atoms with van der Waals surface area (Å²) < 4.78 is 18.4. The van der Waals surface area contributed by atoms with Crippen LogP contribution < -0.4 is 15.8 Å². The van der Waals surface area contributed by atoms with Crippen LogP contribution in [0, 0.1) is 12.7 Å². The minimum absolute atomic E-state index is 0.136. The normalized spacial score (nSPS) is 10.3. The molecule has 0 amide bonds. The number of methoxy groups -OCH3 is 1. The lowest BCUT2D eigenvalue weighted by Crippen LogP contribution is -2.00. The third-order valence-electron chi connectivity index (χ3n) is 2.86. The second-order valence-electron chi connectivity index (χ2n) is 4.11. The average molecular weight is 281 g/mol. The Morgan fingerprint density at radius 3 is 2.68 bits per heavy atom. The number of ether oxygens (including phenoxy) is 1. The van der Waals surface area contributed by atoms with E-state index in [2.05, 4.69) is 5.32 Å². The van der Waals surface area contributed by atoms with Gasteiger partial charge in [0, 0.05) is 22.8 Å². The van der Waals surface area contributed by atoms with E-state index in [1.807, 2.05) is 19.1 Å². The second kappa shape index (κ2) is 5.36. The number of nitrogen functional groups attached to an aromatic ring is 1. The number of benzene rings is 2. The molecule has 2 aromatic carbocycles. The fourth-order valence-corrected chi connectivity index (χ4v) is 1.90. The molecule has 2 rings (SSSR count). The van der Waals surface area contributed by atoms with Crippen LogP contribution in [0.25, 0.3) is 0 Å². The Kier molecular flexibility index (Phi) is 3.81. The Bertz CT molecular complexity index is 617. The van der Waals surface area contributed by atoms with Gasteiger partial charge in [-0.3, -0.25) is 0 Å². The number of nitrogens with two attached hydrogens (primary N) is 1. The quantitative estimate of drug-likeness (QED) is 0.831. The van der Waals surface area contributed by atoms with Gasteiger partial charge in [-0.2, -0.15) is 0 Å². The highest BCUT2D eigenvalue weighted by Gasteiger charge is 2.10. The Hall–Kier alpha value is -1.94. The predicted molar refractivity (Wildman–Crippen MR) is 76.8 cm³/mol. The van der Waals surface area contributed by atoms with Crippen molar-refractivity contribution >= 4 is 28.7 Å². The van der Waals surface area contributed by atoms with E-state index in [1.54, 1.807) is 6.07 Å². The zero-order chi connectivity index (χ0) is 14.0. The maximum atomic E-state index is 13.5. The third-order valence-corrected chi connectivity index (χ3v) is 3.27. The molecule has 3 nitrogen and oxygen atoms in total. The van der Waals surface area contributed by atoms with Gasteiger partial charge in [0.05, 0.1) is 18.5 Å². The first-order valence-electron chi connectivity index (χ1n) is 5.68. The Morgan fingerprint density at radius 1 is 1.26 bits per heavy atom. The summed E-state index contributed by atoms with van der Waals surface area (Å²) >= 11 is 6.05. The van der Waals surface area contributed by atoms with Crippen molar-refractivity contribution in [1.82, 2.24) is 0 Å². The van der Waals surface area contributed by atoms with Crippen molar-refractivity contribution in [2.24, 2.45) is 0 Å². The molecule has 5 heteroatoms. The van der Waals surface area contributed by atoms with Gasteiger partial charge in [0.1, 0.15) is 0 Å². The van der Waals surface area contributed by atoms with Crippen molar-refractivity contribution in [3.05, 3.63) is 46.7 Å². The molecule has 3 N–H and O–H groups in total. The molecule has 0 heterocycles. The highest BCUT2D eigenvalue weighted by molar-refractivity contribution is 6.31. The first-order valence-corrected chi connectivity index (χ1v) is 6.06. The van der Waals surface area contributed by atoms with E-state index >= 15 is 0 Å². The topological polar surface area (TPSA) is 47.3 Å². The van der Waals surface area contributed by atoms with Crippen LogP contribution in [-0.2, 0) is 0 Å². The van der Waals surface area contributed by atoms with Crippen LogP contribution in [0.1, 0.15) is 5.56 Å². The van der Waals surface area contributed by atoms with Gasteiger partial charge in [-0.1, -0.05) is 17.7 Å². The number of rotatable bonds is 3. The van der Waals surface area contributed by atoms with Gasteiger partial charge >= 0.3 is 0 Å². The van der Waals surface area contributed by atoms with Crippen LogP contribution >= 0.6 is 11.6 Å². The summed E-state index contributed by atoms with van der Waals surface area (Å²) in [6.45, 7) is 1.89. The fourth-order valence-electron chi connectivity index (χ4n) is 1.72. The molecule has 0 aliphatic carbocycles. The van der Waals surface area contributed by atoms with Crippen LogP contribution in [0.15, 0.2) is 30.3 Å². The largest absolute Gasteiger partial charge is 0.494 e. The minimum Gasteiger partial charge on any atom is -0.494 e. The first-order chi connectivity index (χ1) is 9.02. The molecule has 0 radical (unpaired) electrons. The highest BCUT2D eigenvalue weighted by Crippen LogP contribution is 2.32. The second-order valence-corrected chi connectivity index (χ2v) is 4.52. The number of halogens is 2. The van der Waals surface area contributed by atoms with E-state index in [4.69, 9.17) is 22.1 Å². The molecular weight excluding hydrogens is 267 g/mol. The van der Waals surface area contributed by atoms with Gasteiger partial charge in [0.2, 0.25) is 0 Å². The Morgan fingerprint density at radius 2 is 2.00 bits per heavy atom. The lowest BCUT2D eigenvalue weighted by Gasteiger charge is -2.14. The van der Waals surface area contributed by atoms with E-state index in [9.17, 15) is 4.39 Å². The van der Waals surface area contributed by atoms with Crippen molar-refractivity contribution in [2.45, 2.75) is 6.92 Å². The summed E-state index contributed by atoms with van der Waals surface area (Å²) in [5.41, 5.74) is 8.37. The Labute approximate surface area is 116 Å². The number of hydrogen-bond donors (Lipinski definition) is 2. The van der Waals surface area contributed by atoms with Crippen LogP contribution in [0.5, 0.6) is 5.75 Å². The Balaban J connectivity index is 2.41. The SMILES string of the molecule is COc1cc(Nc2cccc(Cl)c2C)c(N)cc1F. The average Bonchev–Trinajstić information content (AvgIpc) is 2.38. The van der Waals surface area contributed by atoms with E-state index < -0.39 is 5.82 Å². The number of nitrogens with one attached hydrogen (secondary N) is 1. The van der Waals surface area contributed by atoms with Gasteiger partial charge in [-0.25, -0.2) is 4.39 Å². The molecule has 0 aromatic heterocycles. The van der Waals surface area contributed by atoms with Crippen LogP contribution in [0.3, 0.4) is 0 Å². The monoisotopic (exact) mass is 280 g/mol. The molecule has 2 aromatic rings. The third kappa shape index (κ3) is 2.74. The van der Waals surface area contributed by atoms with Crippen LogP contribution in [-0.4, -0.2) is 7.11 Å². The molecule has 0 aliphatic rings. The molecule has 0 saturated carbocycles. The molecule has 0 atom stereocenters. The zero-order valence-corrected chi connectivity index (χ0v) is 11.4. The van der Waals surface area contributed by atoms with Gasteiger partial charge in [-0.15, -0.1) is 0 Å².